The minimum absolute atomic E-state index is 0.0247. The zero-order valence-electron chi connectivity index (χ0n) is 13.7. The summed E-state index contributed by atoms with van der Waals surface area (Å²) >= 11 is 4.71. The van der Waals surface area contributed by atoms with E-state index in [1.807, 2.05) is 24.3 Å². The first-order valence-corrected chi connectivity index (χ1v) is 9.11. The van der Waals surface area contributed by atoms with Crippen LogP contribution in [0.4, 0.5) is 11.6 Å². The Balaban J connectivity index is 1.87. The fraction of sp³-hybridized carbons (Fsp3) is 0.0588. The Morgan fingerprint density at radius 1 is 1.31 bits per heavy atom. The van der Waals surface area contributed by atoms with Gasteiger partial charge in [-0.2, -0.15) is 5.10 Å². The molecule has 2 N–H and O–H groups in total. The SMILES string of the molecule is Cc1cn(N=Cc2ccc(Sc3ccc(Br)cc3)c([N+](=O)[O-])c2)c(N)n1. The molecule has 0 aliphatic rings. The summed E-state index contributed by atoms with van der Waals surface area (Å²) in [5, 5.41) is 15.6. The van der Waals surface area contributed by atoms with Gasteiger partial charge in [0.05, 0.1) is 27.9 Å². The maximum atomic E-state index is 11.5. The van der Waals surface area contributed by atoms with Crippen LogP contribution in [0.3, 0.4) is 0 Å². The molecule has 0 atom stereocenters. The molecule has 1 aromatic heterocycles. The maximum absolute atomic E-state index is 11.5. The first-order chi connectivity index (χ1) is 12.4. The number of nitrogens with two attached hydrogens (primary N) is 1. The van der Waals surface area contributed by atoms with Crippen molar-refractivity contribution in [2.75, 3.05) is 5.73 Å². The predicted molar refractivity (Wildman–Crippen MR) is 106 cm³/mol. The van der Waals surface area contributed by atoms with Crippen molar-refractivity contribution in [1.29, 1.82) is 0 Å². The van der Waals surface area contributed by atoms with E-state index < -0.39 is 4.92 Å². The van der Waals surface area contributed by atoms with Crippen LogP contribution in [-0.4, -0.2) is 20.8 Å². The lowest BCUT2D eigenvalue weighted by Gasteiger charge is -2.04. The molecule has 2 aromatic carbocycles. The van der Waals surface area contributed by atoms with E-state index in [1.54, 1.807) is 25.3 Å². The van der Waals surface area contributed by atoms with Gasteiger partial charge in [-0.05, 0) is 37.3 Å². The lowest BCUT2D eigenvalue weighted by atomic mass is 10.2. The number of nitrogen functional groups attached to an aromatic ring is 1. The van der Waals surface area contributed by atoms with Gasteiger partial charge in [-0.3, -0.25) is 10.1 Å². The molecule has 0 saturated heterocycles. The molecular formula is C17H14BrN5O2S. The molecule has 3 rings (SSSR count). The van der Waals surface area contributed by atoms with Crippen LogP contribution in [0.2, 0.25) is 0 Å². The number of benzene rings is 2. The number of hydrogen-bond acceptors (Lipinski definition) is 6. The van der Waals surface area contributed by atoms with Crippen LogP contribution in [-0.2, 0) is 0 Å². The zero-order chi connectivity index (χ0) is 18.7. The third-order valence-corrected chi connectivity index (χ3v) is 4.99. The van der Waals surface area contributed by atoms with E-state index in [-0.39, 0.29) is 11.6 Å². The molecule has 0 bridgehead atoms. The smallest absolute Gasteiger partial charge is 0.283 e. The van der Waals surface area contributed by atoms with Gasteiger partial charge in [0.1, 0.15) is 0 Å². The quantitative estimate of drug-likeness (QED) is 0.364. The molecule has 0 radical (unpaired) electrons. The van der Waals surface area contributed by atoms with E-state index in [1.165, 1.54) is 28.7 Å². The molecule has 9 heteroatoms. The number of anilines is 1. The van der Waals surface area contributed by atoms with Gasteiger partial charge in [0.2, 0.25) is 5.95 Å². The van der Waals surface area contributed by atoms with Gasteiger partial charge in [-0.1, -0.05) is 33.8 Å². The number of imidazole rings is 1. The highest BCUT2D eigenvalue weighted by molar-refractivity contribution is 9.10. The summed E-state index contributed by atoms with van der Waals surface area (Å²) < 4.78 is 2.38. The summed E-state index contributed by atoms with van der Waals surface area (Å²) in [6.45, 7) is 1.81. The van der Waals surface area contributed by atoms with E-state index in [0.717, 1.165) is 15.1 Å². The third-order valence-electron chi connectivity index (χ3n) is 3.39. The summed E-state index contributed by atoms with van der Waals surface area (Å²) in [6, 6.07) is 12.6. The molecule has 1 heterocycles. The molecule has 0 fully saturated rings. The second kappa shape index (κ2) is 7.71. The molecule has 0 aliphatic heterocycles. The van der Waals surface area contributed by atoms with E-state index in [0.29, 0.717) is 10.5 Å². The molecule has 0 unspecified atom stereocenters. The number of aryl methyl sites for hydroxylation is 1. The molecule has 3 aromatic rings. The second-order valence-corrected chi connectivity index (χ2v) is 7.40. The Morgan fingerprint density at radius 2 is 2.04 bits per heavy atom. The normalized spacial score (nSPS) is 11.2. The van der Waals surface area contributed by atoms with Gasteiger partial charge in [0, 0.05) is 21.0 Å². The van der Waals surface area contributed by atoms with Gasteiger partial charge < -0.3 is 5.73 Å². The Morgan fingerprint density at radius 3 is 2.65 bits per heavy atom. The van der Waals surface area contributed by atoms with Crippen molar-refractivity contribution in [3.05, 3.63) is 74.5 Å². The minimum atomic E-state index is -0.395. The zero-order valence-corrected chi connectivity index (χ0v) is 16.1. The van der Waals surface area contributed by atoms with Crippen LogP contribution >= 0.6 is 27.7 Å². The number of halogens is 1. The molecule has 0 aliphatic carbocycles. The molecule has 0 amide bonds. The summed E-state index contributed by atoms with van der Waals surface area (Å²) in [5.41, 5.74) is 7.09. The summed E-state index contributed by atoms with van der Waals surface area (Å²) in [6.07, 6.45) is 3.19. The van der Waals surface area contributed by atoms with E-state index in [4.69, 9.17) is 5.73 Å². The largest absolute Gasteiger partial charge is 0.368 e. The summed E-state index contributed by atoms with van der Waals surface area (Å²) in [4.78, 5) is 16.6. The lowest BCUT2D eigenvalue weighted by molar-refractivity contribution is -0.387. The van der Waals surface area contributed by atoms with Crippen molar-refractivity contribution in [1.82, 2.24) is 9.66 Å². The molecule has 132 valence electrons. The van der Waals surface area contributed by atoms with Crippen LogP contribution in [0.25, 0.3) is 0 Å². The number of nitro benzene ring substituents is 1. The van der Waals surface area contributed by atoms with Crippen LogP contribution in [0.1, 0.15) is 11.3 Å². The minimum Gasteiger partial charge on any atom is -0.368 e. The Kier molecular flexibility index (Phi) is 5.38. The van der Waals surface area contributed by atoms with E-state index >= 15 is 0 Å². The van der Waals surface area contributed by atoms with Crippen molar-refractivity contribution < 1.29 is 4.92 Å². The summed E-state index contributed by atoms with van der Waals surface area (Å²) in [5.74, 6) is 0.260. The average Bonchev–Trinajstić information content (AvgIpc) is 2.93. The Bertz CT molecular complexity index is 985. The van der Waals surface area contributed by atoms with Gasteiger partial charge in [-0.15, -0.1) is 0 Å². The van der Waals surface area contributed by atoms with Crippen LogP contribution in [0.5, 0.6) is 0 Å². The van der Waals surface area contributed by atoms with E-state index in [9.17, 15) is 10.1 Å². The van der Waals surface area contributed by atoms with Crippen molar-refractivity contribution in [2.24, 2.45) is 5.10 Å². The third kappa shape index (κ3) is 4.30. The molecule has 0 saturated carbocycles. The fourth-order valence-corrected chi connectivity index (χ4v) is 3.36. The van der Waals surface area contributed by atoms with Gasteiger partial charge in [0.25, 0.3) is 5.69 Å². The Labute approximate surface area is 162 Å². The average molecular weight is 432 g/mol. The second-order valence-electron chi connectivity index (χ2n) is 5.37. The lowest BCUT2D eigenvalue weighted by Crippen LogP contribution is -1.98. The number of nitro groups is 1. The highest BCUT2D eigenvalue weighted by Crippen LogP contribution is 2.35. The van der Waals surface area contributed by atoms with Gasteiger partial charge in [-0.25, -0.2) is 9.66 Å². The first-order valence-electron chi connectivity index (χ1n) is 7.50. The number of nitrogens with zero attached hydrogens (tertiary/aromatic N) is 4. The van der Waals surface area contributed by atoms with Gasteiger partial charge >= 0.3 is 0 Å². The van der Waals surface area contributed by atoms with E-state index in [2.05, 4.69) is 26.0 Å². The standard InChI is InChI=1S/C17H14BrN5O2S/c1-11-10-22(17(19)21-11)20-9-12-2-7-16(15(8-12)23(24)25)26-14-5-3-13(18)4-6-14/h2-10H,1H3,(H2,19,21). The summed E-state index contributed by atoms with van der Waals surface area (Å²) in [7, 11) is 0. The molecule has 26 heavy (non-hydrogen) atoms. The number of rotatable bonds is 5. The highest BCUT2D eigenvalue weighted by Gasteiger charge is 2.15. The topological polar surface area (TPSA) is 99.3 Å². The maximum Gasteiger partial charge on any atom is 0.283 e. The van der Waals surface area contributed by atoms with Crippen LogP contribution in [0, 0.1) is 17.0 Å². The number of aromatic nitrogens is 2. The van der Waals surface area contributed by atoms with Crippen molar-refractivity contribution in [2.45, 2.75) is 16.7 Å². The monoisotopic (exact) mass is 431 g/mol. The molecule has 0 spiro atoms. The Hall–Kier alpha value is -2.65. The molecular weight excluding hydrogens is 418 g/mol. The van der Waals surface area contributed by atoms with Crippen LogP contribution in [0.15, 0.2) is 68.0 Å². The molecule has 7 nitrogen and oxygen atoms in total. The number of hydrogen-bond donors (Lipinski definition) is 1. The van der Waals surface area contributed by atoms with Crippen LogP contribution < -0.4 is 5.73 Å². The fourth-order valence-electron chi connectivity index (χ4n) is 2.20. The van der Waals surface area contributed by atoms with Crippen molar-refractivity contribution in [3.63, 3.8) is 0 Å². The van der Waals surface area contributed by atoms with Crippen molar-refractivity contribution in [3.8, 4) is 0 Å². The predicted octanol–water partition coefficient (Wildman–Crippen LogP) is 4.48. The van der Waals surface area contributed by atoms with Crippen molar-refractivity contribution >= 4 is 45.5 Å². The van der Waals surface area contributed by atoms with Gasteiger partial charge in [0.15, 0.2) is 0 Å². The first kappa shape index (κ1) is 18.2. The highest BCUT2D eigenvalue weighted by atomic mass is 79.9.